The summed E-state index contributed by atoms with van der Waals surface area (Å²) in [6.07, 6.45) is 0.361. The van der Waals surface area contributed by atoms with Crippen LogP contribution in [0.3, 0.4) is 0 Å². The van der Waals surface area contributed by atoms with Crippen LogP contribution >= 0.6 is 23.1 Å². The van der Waals surface area contributed by atoms with E-state index in [1.807, 2.05) is 56.5 Å². The molecule has 34 heavy (non-hydrogen) atoms. The number of fused-ring (bicyclic) bond motifs is 1. The van der Waals surface area contributed by atoms with Gasteiger partial charge in [0.2, 0.25) is 5.89 Å². The lowest BCUT2D eigenvalue weighted by atomic mass is 10.2. The number of aromatic nitrogens is 4. The maximum absolute atomic E-state index is 13.0. The van der Waals surface area contributed by atoms with Gasteiger partial charge in [0.1, 0.15) is 6.61 Å². The summed E-state index contributed by atoms with van der Waals surface area (Å²) in [7, 11) is 0. The van der Waals surface area contributed by atoms with Crippen molar-refractivity contribution < 1.29 is 18.7 Å². The molecule has 1 unspecified atom stereocenters. The van der Waals surface area contributed by atoms with Gasteiger partial charge in [-0.25, -0.2) is 4.98 Å². The Morgan fingerprint density at radius 1 is 1.21 bits per heavy atom. The Balaban J connectivity index is 1.20. The van der Waals surface area contributed by atoms with Gasteiger partial charge in [-0.05, 0) is 39.0 Å². The molecule has 0 saturated carbocycles. The second-order valence-electron chi connectivity index (χ2n) is 8.10. The molecule has 8 nitrogen and oxygen atoms in total. The molecule has 176 valence electrons. The van der Waals surface area contributed by atoms with Crippen molar-refractivity contribution in [1.29, 1.82) is 0 Å². The number of aryl methyl sites for hydroxylation is 2. The first-order valence-corrected chi connectivity index (χ1v) is 12.8. The fourth-order valence-electron chi connectivity index (χ4n) is 3.94. The Morgan fingerprint density at radius 2 is 2.03 bits per heavy atom. The molecule has 1 aliphatic rings. The highest BCUT2D eigenvalue weighted by molar-refractivity contribution is 7.99. The van der Waals surface area contributed by atoms with Gasteiger partial charge in [0.15, 0.2) is 23.4 Å². The van der Waals surface area contributed by atoms with E-state index in [9.17, 15) is 4.79 Å². The molecule has 0 fully saturated rings. The summed E-state index contributed by atoms with van der Waals surface area (Å²) in [6, 6.07) is 9.59. The molecular formula is C24H24N4O4S2. The number of ether oxygens (including phenoxy) is 2. The summed E-state index contributed by atoms with van der Waals surface area (Å²) >= 11 is 2.84. The highest BCUT2D eigenvalue weighted by atomic mass is 32.2. The third-order valence-corrected chi connectivity index (χ3v) is 7.24. The van der Waals surface area contributed by atoms with Crippen LogP contribution in [0.5, 0.6) is 11.5 Å². The van der Waals surface area contributed by atoms with Crippen LogP contribution in [0.2, 0.25) is 0 Å². The van der Waals surface area contributed by atoms with Crippen molar-refractivity contribution in [2.75, 3.05) is 12.4 Å². The van der Waals surface area contributed by atoms with Crippen LogP contribution in [-0.2, 0) is 13.0 Å². The second kappa shape index (κ2) is 9.63. The molecule has 4 heterocycles. The van der Waals surface area contributed by atoms with Crippen molar-refractivity contribution in [3.8, 4) is 11.5 Å². The minimum atomic E-state index is -0.129. The van der Waals surface area contributed by atoms with Gasteiger partial charge in [-0.2, -0.15) is 0 Å². The quantitative estimate of drug-likeness (QED) is 0.257. The summed E-state index contributed by atoms with van der Waals surface area (Å²) in [4.78, 5) is 17.4. The van der Waals surface area contributed by atoms with Gasteiger partial charge in [-0.3, -0.25) is 4.79 Å². The molecule has 3 aromatic heterocycles. The number of benzene rings is 1. The zero-order valence-corrected chi connectivity index (χ0v) is 20.7. The topological polar surface area (TPSA) is 92.3 Å². The molecule has 1 aromatic carbocycles. The first-order chi connectivity index (χ1) is 16.5. The average Bonchev–Trinajstić information content (AvgIpc) is 3.53. The Bertz CT molecular complexity index is 1330. The van der Waals surface area contributed by atoms with Gasteiger partial charge in [-0.1, -0.05) is 23.9 Å². The van der Waals surface area contributed by atoms with Gasteiger partial charge < -0.3 is 18.5 Å². The summed E-state index contributed by atoms with van der Waals surface area (Å²) in [5, 5.41) is 11.5. The van der Waals surface area contributed by atoms with Crippen LogP contribution in [0.1, 0.15) is 38.3 Å². The van der Waals surface area contributed by atoms with E-state index in [-0.39, 0.29) is 17.6 Å². The molecule has 0 saturated heterocycles. The van der Waals surface area contributed by atoms with Crippen molar-refractivity contribution in [2.45, 2.75) is 45.1 Å². The summed E-state index contributed by atoms with van der Waals surface area (Å²) in [5.41, 5.74) is 3.52. The Labute approximate surface area is 205 Å². The first-order valence-electron chi connectivity index (χ1n) is 10.9. The fourth-order valence-corrected chi connectivity index (χ4v) is 5.21. The largest absolute Gasteiger partial charge is 0.486 e. The Hall–Kier alpha value is -3.11. The number of carbonyl (C=O) groups is 1. The highest BCUT2D eigenvalue weighted by Gasteiger charge is 2.24. The van der Waals surface area contributed by atoms with E-state index in [2.05, 4.69) is 19.7 Å². The van der Waals surface area contributed by atoms with E-state index < -0.39 is 0 Å². The number of carbonyl (C=O) groups excluding carboxylic acids is 1. The maximum atomic E-state index is 13.0. The van der Waals surface area contributed by atoms with Gasteiger partial charge >= 0.3 is 0 Å². The molecular weight excluding hydrogens is 472 g/mol. The lowest BCUT2D eigenvalue weighted by Crippen LogP contribution is -2.33. The lowest BCUT2D eigenvalue weighted by Gasteiger charge is -2.27. The van der Waals surface area contributed by atoms with Crippen molar-refractivity contribution in [3.05, 3.63) is 69.3 Å². The zero-order valence-electron chi connectivity index (χ0n) is 19.1. The van der Waals surface area contributed by atoms with E-state index in [0.717, 1.165) is 33.6 Å². The Morgan fingerprint density at radius 3 is 2.82 bits per heavy atom. The number of nitrogens with zero attached hydrogens (tertiary/aromatic N) is 4. The number of thioether (sulfide) groups is 1. The van der Waals surface area contributed by atoms with E-state index >= 15 is 0 Å². The van der Waals surface area contributed by atoms with Crippen molar-refractivity contribution in [2.24, 2.45) is 0 Å². The minimum Gasteiger partial charge on any atom is -0.486 e. The maximum Gasteiger partial charge on any atom is 0.277 e. The van der Waals surface area contributed by atoms with E-state index in [1.165, 1.54) is 11.8 Å². The predicted octanol–water partition coefficient (Wildman–Crippen LogP) is 4.66. The van der Waals surface area contributed by atoms with Gasteiger partial charge in [-0.15, -0.1) is 21.5 Å². The molecule has 1 atom stereocenters. The molecule has 0 aliphatic carbocycles. The summed E-state index contributed by atoms with van der Waals surface area (Å²) < 4.78 is 19.7. The zero-order chi connectivity index (χ0) is 23.7. The molecule has 10 heteroatoms. The molecule has 0 N–H and O–H groups in total. The highest BCUT2D eigenvalue weighted by Crippen LogP contribution is 2.32. The minimum absolute atomic E-state index is 0.0189. The third-order valence-electron chi connectivity index (χ3n) is 5.60. The van der Waals surface area contributed by atoms with E-state index in [4.69, 9.17) is 13.9 Å². The van der Waals surface area contributed by atoms with Crippen molar-refractivity contribution >= 4 is 28.9 Å². The van der Waals surface area contributed by atoms with Crippen molar-refractivity contribution in [3.63, 3.8) is 0 Å². The molecule has 5 rings (SSSR count). The second-order valence-corrected chi connectivity index (χ2v) is 10.1. The van der Waals surface area contributed by atoms with Gasteiger partial charge in [0.25, 0.3) is 5.22 Å². The molecule has 0 radical (unpaired) electrons. The molecule has 0 bridgehead atoms. The number of hydrogen-bond donors (Lipinski definition) is 0. The molecule has 1 aliphatic heterocycles. The molecule has 4 aromatic rings. The molecule has 0 amide bonds. The first kappa shape index (κ1) is 22.7. The van der Waals surface area contributed by atoms with Crippen LogP contribution in [0.4, 0.5) is 0 Å². The number of Topliss-reactive ketones (excluding diaryl/α,β-unsaturated/α-hetero) is 1. The number of rotatable bonds is 8. The number of para-hydroxylation sites is 2. The predicted molar refractivity (Wildman–Crippen MR) is 129 cm³/mol. The average molecular weight is 497 g/mol. The lowest BCUT2D eigenvalue weighted by molar-refractivity contribution is 0.0777. The standard InChI is InChI=1S/C24H24N4O4S2/c1-14-8-19(15(2)28(14)10-18-11-30-21-6-4-5-7-22(21)31-18)20(29)13-34-24-27-26-23(32-24)9-17-12-33-16(3)25-17/h4-8,12,18H,9-11,13H2,1-3H3. The monoisotopic (exact) mass is 496 g/mol. The van der Waals surface area contributed by atoms with Gasteiger partial charge in [0, 0.05) is 22.3 Å². The fraction of sp³-hybridized carbons (Fsp3) is 0.333. The van der Waals surface area contributed by atoms with Crippen LogP contribution < -0.4 is 9.47 Å². The number of hydrogen-bond acceptors (Lipinski definition) is 9. The third kappa shape index (κ3) is 4.88. The normalized spacial score (nSPS) is 15.0. The van der Waals surface area contributed by atoms with Crippen molar-refractivity contribution in [1.82, 2.24) is 19.7 Å². The van der Waals surface area contributed by atoms with Crippen LogP contribution in [0.25, 0.3) is 0 Å². The number of thiazole rings is 1. The van der Waals surface area contributed by atoms with E-state index in [0.29, 0.717) is 36.2 Å². The smallest absolute Gasteiger partial charge is 0.277 e. The molecule has 0 spiro atoms. The van der Waals surface area contributed by atoms with E-state index in [1.54, 1.807) is 11.3 Å². The summed E-state index contributed by atoms with van der Waals surface area (Å²) in [6.45, 7) is 6.99. The van der Waals surface area contributed by atoms with Crippen LogP contribution in [0, 0.1) is 20.8 Å². The van der Waals surface area contributed by atoms with Crippen LogP contribution in [-0.4, -0.2) is 44.0 Å². The Kier molecular flexibility index (Phi) is 6.42. The van der Waals surface area contributed by atoms with Gasteiger partial charge in [0.05, 0.1) is 29.4 Å². The SMILES string of the molecule is Cc1nc(Cc2nnc(SCC(=O)c3cc(C)n(CC4COc5ccccc5O4)c3C)o2)cs1. The van der Waals surface area contributed by atoms with Crippen LogP contribution in [0.15, 0.2) is 45.4 Å². The summed E-state index contributed by atoms with van der Waals surface area (Å²) in [5.74, 6) is 2.24. The number of ketones is 1.